The SMILES string of the molecule is CC(C)N=NN=C(N)c1cccc(Nc2ncnn3ccc(CN4CCC(N)CC4)c23)c1. The van der Waals surface area contributed by atoms with Gasteiger partial charge in [-0.2, -0.15) is 10.2 Å². The predicted octanol–water partition coefficient (Wildman–Crippen LogP) is 2.88. The first kappa shape index (κ1) is 21.8. The molecule has 0 unspecified atom stereocenters. The highest BCUT2D eigenvalue weighted by molar-refractivity contribution is 5.98. The maximum absolute atomic E-state index is 6.08. The Morgan fingerprint density at radius 1 is 1.25 bits per heavy atom. The lowest BCUT2D eigenvalue weighted by atomic mass is 10.1. The molecule has 0 aliphatic carbocycles. The van der Waals surface area contributed by atoms with Gasteiger partial charge < -0.3 is 16.8 Å². The number of nitrogens with one attached hydrogen (secondary N) is 1. The van der Waals surface area contributed by atoms with Crippen LogP contribution in [0.5, 0.6) is 0 Å². The first-order chi connectivity index (χ1) is 15.5. The van der Waals surface area contributed by atoms with Crippen molar-refractivity contribution in [1.82, 2.24) is 19.5 Å². The van der Waals surface area contributed by atoms with E-state index in [4.69, 9.17) is 11.5 Å². The van der Waals surface area contributed by atoms with Crippen LogP contribution in [-0.2, 0) is 6.54 Å². The van der Waals surface area contributed by atoms with Crippen molar-refractivity contribution < 1.29 is 0 Å². The molecule has 10 nitrogen and oxygen atoms in total. The van der Waals surface area contributed by atoms with E-state index in [1.54, 1.807) is 6.33 Å². The lowest BCUT2D eigenvalue weighted by Gasteiger charge is -2.29. The lowest BCUT2D eigenvalue weighted by molar-refractivity contribution is 0.206. The highest BCUT2D eigenvalue weighted by Crippen LogP contribution is 2.25. The van der Waals surface area contributed by atoms with Gasteiger partial charge in [-0.05, 0) is 68.8 Å². The summed E-state index contributed by atoms with van der Waals surface area (Å²) >= 11 is 0. The van der Waals surface area contributed by atoms with Crippen molar-refractivity contribution >= 4 is 22.9 Å². The minimum atomic E-state index is 0.0673. The Morgan fingerprint density at radius 2 is 2.06 bits per heavy atom. The molecule has 168 valence electrons. The Balaban J connectivity index is 1.56. The predicted molar refractivity (Wildman–Crippen MR) is 126 cm³/mol. The number of likely N-dealkylation sites (tertiary alicyclic amines) is 1. The van der Waals surface area contributed by atoms with Gasteiger partial charge in [0.1, 0.15) is 11.8 Å². The summed E-state index contributed by atoms with van der Waals surface area (Å²) in [4.78, 5) is 6.94. The number of hydrogen-bond acceptors (Lipinski definition) is 7. The van der Waals surface area contributed by atoms with Gasteiger partial charge in [-0.1, -0.05) is 12.1 Å². The van der Waals surface area contributed by atoms with Crippen LogP contribution in [0.15, 0.2) is 58.3 Å². The maximum Gasteiger partial charge on any atom is 0.158 e. The fourth-order valence-corrected chi connectivity index (χ4v) is 3.72. The van der Waals surface area contributed by atoms with Gasteiger partial charge in [0.2, 0.25) is 0 Å². The summed E-state index contributed by atoms with van der Waals surface area (Å²) in [5.74, 6) is 1.04. The van der Waals surface area contributed by atoms with Crippen LogP contribution in [0.2, 0.25) is 0 Å². The molecule has 2 aromatic heterocycles. The van der Waals surface area contributed by atoms with Crippen LogP contribution in [0.25, 0.3) is 5.52 Å². The molecule has 0 saturated carbocycles. The maximum atomic E-state index is 6.08. The van der Waals surface area contributed by atoms with Gasteiger partial charge in [0, 0.05) is 30.0 Å². The molecule has 5 N–H and O–H groups in total. The third-order valence-electron chi connectivity index (χ3n) is 5.42. The molecular weight excluding hydrogens is 404 g/mol. The zero-order valence-electron chi connectivity index (χ0n) is 18.5. The molecule has 4 rings (SSSR count). The summed E-state index contributed by atoms with van der Waals surface area (Å²) < 4.78 is 1.85. The molecule has 1 aliphatic heterocycles. The Morgan fingerprint density at radius 3 is 2.84 bits per heavy atom. The minimum Gasteiger partial charge on any atom is -0.382 e. The molecule has 1 aliphatic rings. The van der Waals surface area contributed by atoms with E-state index in [0.717, 1.165) is 55.1 Å². The molecule has 0 radical (unpaired) electrons. The number of anilines is 2. The summed E-state index contributed by atoms with van der Waals surface area (Å²) in [7, 11) is 0. The van der Waals surface area contributed by atoms with Gasteiger partial charge >= 0.3 is 0 Å². The normalized spacial score (nSPS) is 16.4. The second-order valence-electron chi connectivity index (χ2n) is 8.35. The molecule has 0 spiro atoms. The fraction of sp³-hybridized carbons (Fsp3) is 0.409. The average molecular weight is 435 g/mol. The molecule has 10 heteroatoms. The summed E-state index contributed by atoms with van der Waals surface area (Å²) in [5, 5.41) is 19.5. The molecule has 3 heterocycles. The van der Waals surface area contributed by atoms with E-state index in [2.05, 4.69) is 41.8 Å². The summed E-state index contributed by atoms with van der Waals surface area (Å²) in [6.45, 7) is 6.70. The van der Waals surface area contributed by atoms with Gasteiger partial charge in [-0.15, -0.1) is 5.10 Å². The van der Waals surface area contributed by atoms with Crippen LogP contribution < -0.4 is 16.8 Å². The number of amidine groups is 1. The van der Waals surface area contributed by atoms with E-state index < -0.39 is 0 Å². The molecule has 0 bridgehead atoms. The van der Waals surface area contributed by atoms with Crippen molar-refractivity contribution in [2.24, 2.45) is 26.9 Å². The van der Waals surface area contributed by atoms with E-state index in [-0.39, 0.29) is 6.04 Å². The van der Waals surface area contributed by atoms with Gasteiger partial charge in [0.05, 0.1) is 6.04 Å². The van der Waals surface area contributed by atoms with Crippen LogP contribution >= 0.6 is 0 Å². The molecular formula is C22H30N10. The van der Waals surface area contributed by atoms with Gasteiger partial charge in [-0.3, -0.25) is 4.90 Å². The van der Waals surface area contributed by atoms with Crippen molar-refractivity contribution in [3.8, 4) is 0 Å². The lowest BCUT2D eigenvalue weighted by Crippen LogP contribution is -2.39. The summed E-state index contributed by atoms with van der Waals surface area (Å²) in [6.07, 6.45) is 5.57. The quantitative estimate of drug-likeness (QED) is 0.226. The standard InChI is InChI=1S/C22H30N10/c1-15(2)28-30-29-21(24)16-4-3-5-19(12-16)27-22-20-17(6-11-32(20)26-14-25-22)13-31-9-7-18(23)8-10-31/h3-6,11-12,14-15,18H,7-10,13,23H2,1-2H3,(H2,24,28,29)(H,25,26,27). The molecule has 0 amide bonds. The minimum absolute atomic E-state index is 0.0673. The van der Waals surface area contributed by atoms with Crippen molar-refractivity contribution in [1.29, 1.82) is 0 Å². The van der Waals surface area contributed by atoms with Crippen molar-refractivity contribution in [2.45, 2.75) is 45.3 Å². The second-order valence-corrected chi connectivity index (χ2v) is 8.35. The second kappa shape index (κ2) is 9.84. The van der Waals surface area contributed by atoms with E-state index in [1.807, 2.05) is 48.8 Å². The zero-order chi connectivity index (χ0) is 22.5. The zero-order valence-corrected chi connectivity index (χ0v) is 18.5. The topological polar surface area (TPSA) is 135 Å². The number of fused-ring (bicyclic) bond motifs is 1. The third-order valence-corrected chi connectivity index (χ3v) is 5.42. The largest absolute Gasteiger partial charge is 0.382 e. The Bertz CT molecular complexity index is 1110. The van der Waals surface area contributed by atoms with E-state index in [0.29, 0.717) is 11.9 Å². The first-order valence-corrected chi connectivity index (χ1v) is 10.9. The van der Waals surface area contributed by atoms with Crippen molar-refractivity contribution in [2.75, 3.05) is 18.4 Å². The van der Waals surface area contributed by atoms with Crippen molar-refractivity contribution in [3.63, 3.8) is 0 Å². The number of nitrogens with two attached hydrogens (primary N) is 2. The number of piperidine rings is 1. The number of rotatable bonds is 7. The Hall–Kier alpha value is -3.37. The molecule has 3 aromatic rings. The first-order valence-electron chi connectivity index (χ1n) is 10.9. The van der Waals surface area contributed by atoms with Gasteiger partial charge in [-0.25, -0.2) is 9.50 Å². The third kappa shape index (κ3) is 5.27. The highest BCUT2D eigenvalue weighted by atomic mass is 15.4. The summed E-state index contributed by atoms with van der Waals surface area (Å²) in [5.41, 5.74) is 15.9. The molecule has 32 heavy (non-hydrogen) atoms. The number of benzene rings is 1. The van der Waals surface area contributed by atoms with Crippen molar-refractivity contribution in [3.05, 3.63) is 54.0 Å². The molecule has 1 saturated heterocycles. The van der Waals surface area contributed by atoms with Crippen LogP contribution in [0, 0.1) is 0 Å². The van der Waals surface area contributed by atoms with E-state index in [9.17, 15) is 0 Å². The van der Waals surface area contributed by atoms with Gasteiger partial charge in [0.15, 0.2) is 11.7 Å². The van der Waals surface area contributed by atoms with Crippen LogP contribution in [0.1, 0.15) is 37.8 Å². The van der Waals surface area contributed by atoms with Crippen LogP contribution in [-0.4, -0.2) is 50.5 Å². The summed E-state index contributed by atoms with van der Waals surface area (Å²) in [6, 6.07) is 10.1. The Labute approximate surface area is 187 Å². The van der Waals surface area contributed by atoms with E-state index >= 15 is 0 Å². The molecule has 1 fully saturated rings. The molecule has 1 aromatic carbocycles. The Kier molecular flexibility index (Phi) is 6.72. The fourth-order valence-electron chi connectivity index (χ4n) is 3.72. The highest BCUT2D eigenvalue weighted by Gasteiger charge is 2.19. The van der Waals surface area contributed by atoms with Crippen LogP contribution in [0.4, 0.5) is 11.5 Å². The van der Waals surface area contributed by atoms with Crippen LogP contribution in [0.3, 0.4) is 0 Å². The number of aromatic nitrogens is 3. The molecule has 0 atom stereocenters. The number of hydrogen-bond donors (Lipinski definition) is 3. The average Bonchev–Trinajstić information content (AvgIpc) is 3.19. The number of nitrogens with zero attached hydrogens (tertiary/aromatic N) is 7. The van der Waals surface area contributed by atoms with Gasteiger partial charge in [0.25, 0.3) is 0 Å². The van der Waals surface area contributed by atoms with E-state index in [1.165, 1.54) is 5.56 Å². The smallest absolute Gasteiger partial charge is 0.158 e. The monoisotopic (exact) mass is 434 g/mol.